The second-order valence-electron chi connectivity index (χ2n) is 6.11. The lowest BCUT2D eigenvalue weighted by Gasteiger charge is -2.36. The third-order valence-corrected chi connectivity index (χ3v) is 5.04. The van der Waals surface area contributed by atoms with Crippen LogP contribution in [0.3, 0.4) is 0 Å². The van der Waals surface area contributed by atoms with Gasteiger partial charge < -0.3 is 10.1 Å². The van der Waals surface area contributed by atoms with Gasteiger partial charge in [0.05, 0.1) is 11.4 Å². The van der Waals surface area contributed by atoms with E-state index >= 15 is 0 Å². The van der Waals surface area contributed by atoms with E-state index in [0.717, 1.165) is 24.1 Å². The summed E-state index contributed by atoms with van der Waals surface area (Å²) in [6, 6.07) is 4.03. The summed E-state index contributed by atoms with van der Waals surface area (Å²) < 4.78 is 28.8. The van der Waals surface area contributed by atoms with Gasteiger partial charge in [0.1, 0.15) is 9.84 Å². The number of ether oxygens (including phenoxy) is 1. The Bertz CT molecular complexity index is 549. The van der Waals surface area contributed by atoms with Crippen molar-refractivity contribution in [1.82, 2.24) is 10.3 Å². The number of aryl methyl sites for hydroxylation is 1. The van der Waals surface area contributed by atoms with Crippen molar-refractivity contribution >= 4 is 9.84 Å². The molecule has 0 saturated carbocycles. The highest BCUT2D eigenvalue weighted by Crippen LogP contribution is 2.31. The van der Waals surface area contributed by atoms with E-state index in [-0.39, 0.29) is 11.2 Å². The molecule has 0 aromatic carbocycles. The van der Waals surface area contributed by atoms with Crippen LogP contribution in [0, 0.1) is 12.3 Å². The molecule has 1 aliphatic heterocycles. The second kappa shape index (κ2) is 6.85. The minimum absolute atomic E-state index is 0.212. The molecule has 118 valence electrons. The molecule has 21 heavy (non-hydrogen) atoms. The lowest BCUT2D eigenvalue weighted by Crippen LogP contribution is -2.43. The number of nitrogens with one attached hydrogen (secondary N) is 1. The average Bonchev–Trinajstić information content (AvgIpc) is 2.40. The number of nitrogens with zero attached hydrogens (tertiary/aromatic N) is 1. The molecule has 0 amide bonds. The molecule has 0 spiro atoms. The number of aromatic nitrogens is 1. The van der Waals surface area contributed by atoms with Gasteiger partial charge in [0.25, 0.3) is 0 Å². The smallest absolute Gasteiger partial charge is 0.148 e. The summed E-state index contributed by atoms with van der Waals surface area (Å²) in [6.07, 6.45) is 4.73. The van der Waals surface area contributed by atoms with Crippen molar-refractivity contribution in [3.63, 3.8) is 0 Å². The standard InChI is InChI=1S/C15H24N2O3S/c1-13-3-4-14(17-9-13)10-16-11-15(12-21(2,18)19)5-7-20-8-6-15/h3-4,9,16H,5-8,10-12H2,1-2H3. The maximum absolute atomic E-state index is 11.7. The van der Waals surface area contributed by atoms with Gasteiger partial charge in [0, 0.05) is 44.2 Å². The van der Waals surface area contributed by atoms with Gasteiger partial charge in [-0.1, -0.05) is 6.07 Å². The molecule has 0 radical (unpaired) electrons. The van der Waals surface area contributed by atoms with E-state index < -0.39 is 9.84 Å². The van der Waals surface area contributed by atoms with E-state index in [1.807, 2.05) is 25.3 Å². The van der Waals surface area contributed by atoms with E-state index in [2.05, 4.69) is 10.3 Å². The summed E-state index contributed by atoms with van der Waals surface area (Å²) in [5.41, 5.74) is 1.90. The summed E-state index contributed by atoms with van der Waals surface area (Å²) in [7, 11) is -2.99. The molecule has 2 rings (SSSR count). The minimum atomic E-state index is -2.99. The predicted molar refractivity (Wildman–Crippen MR) is 82.9 cm³/mol. The van der Waals surface area contributed by atoms with Crippen LogP contribution in [-0.2, 0) is 21.1 Å². The van der Waals surface area contributed by atoms with Crippen molar-refractivity contribution in [2.75, 3.05) is 31.8 Å². The molecular weight excluding hydrogens is 288 g/mol. The minimum Gasteiger partial charge on any atom is -0.381 e. The van der Waals surface area contributed by atoms with Gasteiger partial charge in [-0.15, -0.1) is 0 Å². The zero-order valence-corrected chi connectivity index (χ0v) is 13.6. The molecule has 1 N–H and O–H groups in total. The Morgan fingerprint density at radius 3 is 2.62 bits per heavy atom. The first kappa shape index (κ1) is 16.4. The second-order valence-corrected chi connectivity index (χ2v) is 8.25. The highest BCUT2D eigenvalue weighted by molar-refractivity contribution is 7.90. The summed E-state index contributed by atoms with van der Waals surface area (Å²) in [5.74, 6) is 0.220. The topological polar surface area (TPSA) is 68.3 Å². The largest absolute Gasteiger partial charge is 0.381 e. The third-order valence-electron chi connectivity index (χ3n) is 3.90. The molecule has 1 fully saturated rings. The summed E-state index contributed by atoms with van der Waals surface area (Å²) in [4.78, 5) is 4.35. The fraction of sp³-hybridized carbons (Fsp3) is 0.667. The average molecular weight is 312 g/mol. The zero-order chi connectivity index (χ0) is 15.3. The first-order valence-electron chi connectivity index (χ1n) is 7.26. The van der Waals surface area contributed by atoms with Crippen LogP contribution in [0.5, 0.6) is 0 Å². The molecule has 0 bridgehead atoms. The highest BCUT2D eigenvalue weighted by Gasteiger charge is 2.35. The summed E-state index contributed by atoms with van der Waals surface area (Å²) >= 11 is 0. The zero-order valence-electron chi connectivity index (χ0n) is 12.8. The van der Waals surface area contributed by atoms with Crippen molar-refractivity contribution in [2.45, 2.75) is 26.3 Å². The molecule has 1 saturated heterocycles. The van der Waals surface area contributed by atoms with Crippen LogP contribution in [0.4, 0.5) is 0 Å². The lowest BCUT2D eigenvalue weighted by molar-refractivity contribution is 0.0256. The van der Waals surface area contributed by atoms with E-state index in [0.29, 0.717) is 26.3 Å². The number of rotatable bonds is 6. The van der Waals surface area contributed by atoms with Gasteiger partial charge >= 0.3 is 0 Å². The molecule has 2 heterocycles. The van der Waals surface area contributed by atoms with E-state index in [1.54, 1.807) is 0 Å². The Morgan fingerprint density at radius 2 is 2.05 bits per heavy atom. The van der Waals surface area contributed by atoms with Crippen LogP contribution >= 0.6 is 0 Å². The van der Waals surface area contributed by atoms with Gasteiger partial charge in [-0.2, -0.15) is 0 Å². The Balaban J connectivity index is 1.94. The molecule has 1 aromatic rings. The Kier molecular flexibility index (Phi) is 5.35. The Labute approximate surface area is 127 Å². The van der Waals surface area contributed by atoms with E-state index in [4.69, 9.17) is 4.74 Å². The van der Waals surface area contributed by atoms with Crippen molar-refractivity contribution in [1.29, 1.82) is 0 Å². The molecular formula is C15H24N2O3S. The van der Waals surface area contributed by atoms with Gasteiger partial charge in [0.2, 0.25) is 0 Å². The quantitative estimate of drug-likeness (QED) is 0.858. The maximum atomic E-state index is 11.7. The van der Waals surface area contributed by atoms with Crippen LogP contribution in [0.15, 0.2) is 18.3 Å². The number of pyridine rings is 1. The number of hydrogen-bond acceptors (Lipinski definition) is 5. The van der Waals surface area contributed by atoms with Crippen LogP contribution in [-0.4, -0.2) is 45.2 Å². The first-order chi connectivity index (χ1) is 9.89. The molecule has 6 heteroatoms. The third kappa shape index (κ3) is 5.37. The molecule has 5 nitrogen and oxygen atoms in total. The molecule has 0 aliphatic carbocycles. The van der Waals surface area contributed by atoms with Gasteiger partial charge in [-0.05, 0) is 31.4 Å². The fourth-order valence-corrected chi connectivity index (χ4v) is 4.29. The summed E-state index contributed by atoms with van der Waals surface area (Å²) in [5, 5.41) is 3.37. The van der Waals surface area contributed by atoms with Gasteiger partial charge in [0.15, 0.2) is 0 Å². The molecule has 1 aliphatic rings. The van der Waals surface area contributed by atoms with Crippen LogP contribution in [0.25, 0.3) is 0 Å². The Hall–Kier alpha value is -0.980. The molecule has 0 atom stereocenters. The highest BCUT2D eigenvalue weighted by atomic mass is 32.2. The predicted octanol–water partition coefficient (Wildman–Crippen LogP) is 1.32. The van der Waals surface area contributed by atoms with Gasteiger partial charge in [-0.3, -0.25) is 4.98 Å². The monoisotopic (exact) mass is 312 g/mol. The van der Waals surface area contributed by atoms with Crippen molar-refractivity contribution in [3.05, 3.63) is 29.6 Å². The summed E-state index contributed by atoms with van der Waals surface area (Å²) in [6.45, 7) is 4.62. The SMILES string of the molecule is Cc1ccc(CNCC2(CS(C)(=O)=O)CCOCC2)nc1. The Morgan fingerprint density at radius 1 is 1.33 bits per heavy atom. The van der Waals surface area contributed by atoms with Crippen molar-refractivity contribution in [3.8, 4) is 0 Å². The normalized spacial score (nSPS) is 18.6. The van der Waals surface area contributed by atoms with Gasteiger partial charge in [-0.25, -0.2) is 8.42 Å². The first-order valence-corrected chi connectivity index (χ1v) is 9.32. The van der Waals surface area contributed by atoms with Crippen molar-refractivity contribution < 1.29 is 13.2 Å². The number of hydrogen-bond donors (Lipinski definition) is 1. The van der Waals surface area contributed by atoms with Crippen LogP contribution < -0.4 is 5.32 Å². The molecule has 0 unspecified atom stereocenters. The molecule has 1 aromatic heterocycles. The van der Waals surface area contributed by atoms with E-state index in [1.165, 1.54) is 6.26 Å². The van der Waals surface area contributed by atoms with Crippen LogP contribution in [0.1, 0.15) is 24.1 Å². The fourth-order valence-electron chi connectivity index (χ4n) is 2.79. The lowest BCUT2D eigenvalue weighted by atomic mass is 9.82. The maximum Gasteiger partial charge on any atom is 0.148 e. The number of sulfone groups is 1. The van der Waals surface area contributed by atoms with E-state index in [9.17, 15) is 8.42 Å². The van der Waals surface area contributed by atoms with Crippen molar-refractivity contribution in [2.24, 2.45) is 5.41 Å². The van der Waals surface area contributed by atoms with Crippen LogP contribution in [0.2, 0.25) is 0 Å².